The van der Waals surface area contributed by atoms with Gasteiger partial charge in [0.05, 0.1) is 11.0 Å². The van der Waals surface area contributed by atoms with Crippen LogP contribution in [0.15, 0.2) is 85.2 Å². The highest BCUT2D eigenvalue weighted by Gasteiger charge is 2.21. The zero-order chi connectivity index (χ0) is 33.6. The summed E-state index contributed by atoms with van der Waals surface area (Å²) in [5.41, 5.74) is 11.1. The summed E-state index contributed by atoms with van der Waals surface area (Å²) < 4.78 is 8.86. The molecular weight excluding hydrogens is 574 g/mol. The lowest BCUT2D eigenvalue weighted by Gasteiger charge is -2.18. The van der Waals surface area contributed by atoms with Crippen LogP contribution in [0.1, 0.15) is 127 Å². The molecule has 0 radical (unpaired) electrons. The molecule has 0 unspecified atom stereocenters. The van der Waals surface area contributed by atoms with Crippen molar-refractivity contribution in [3.8, 4) is 28.6 Å². The maximum atomic E-state index is 6.50. The monoisotopic (exact) mass is 623 g/mol. The van der Waals surface area contributed by atoms with E-state index in [9.17, 15) is 0 Å². The van der Waals surface area contributed by atoms with Gasteiger partial charge in [0.2, 0.25) is 5.88 Å². The summed E-state index contributed by atoms with van der Waals surface area (Å²) >= 11 is 0. The van der Waals surface area contributed by atoms with Gasteiger partial charge < -0.3 is 4.74 Å². The summed E-state index contributed by atoms with van der Waals surface area (Å²) in [6.45, 7) is 22.5. The van der Waals surface area contributed by atoms with E-state index < -0.39 is 0 Å². The van der Waals surface area contributed by atoms with Crippen molar-refractivity contribution in [2.75, 3.05) is 0 Å². The molecule has 0 bridgehead atoms. The first-order valence-electron chi connectivity index (χ1n) is 17.3. The van der Waals surface area contributed by atoms with Crippen molar-refractivity contribution < 1.29 is 4.74 Å². The molecule has 0 aliphatic rings. The van der Waals surface area contributed by atoms with Crippen LogP contribution in [-0.4, -0.2) is 14.5 Å². The molecule has 0 amide bonds. The molecule has 6 rings (SSSR count). The van der Waals surface area contributed by atoms with Crippen molar-refractivity contribution in [1.82, 2.24) is 14.5 Å². The predicted octanol–water partition coefficient (Wildman–Crippen LogP) is 12.6. The summed E-state index contributed by atoms with van der Waals surface area (Å²) in [4.78, 5) is 9.49. The van der Waals surface area contributed by atoms with Gasteiger partial charge in [-0.2, -0.15) is 0 Å². The Morgan fingerprint density at radius 1 is 0.511 bits per heavy atom. The van der Waals surface area contributed by atoms with E-state index in [1.54, 1.807) is 0 Å². The number of rotatable bonds is 9. The first-order chi connectivity index (χ1) is 22.4. The number of ether oxygens (including phenoxy) is 1. The van der Waals surface area contributed by atoms with Gasteiger partial charge in [-0.25, -0.2) is 9.97 Å². The number of fused-ring (bicyclic) bond motifs is 3. The van der Waals surface area contributed by atoms with Gasteiger partial charge in [0.1, 0.15) is 11.6 Å². The number of hydrogen-bond acceptors (Lipinski definition) is 3. The number of benzene rings is 3. The third-order valence-corrected chi connectivity index (χ3v) is 9.47. The first-order valence-corrected chi connectivity index (χ1v) is 17.3. The lowest BCUT2D eigenvalue weighted by atomic mass is 9.88. The molecule has 0 saturated heterocycles. The van der Waals surface area contributed by atoms with Gasteiger partial charge in [0.15, 0.2) is 0 Å². The van der Waals surface area contributed by atoms with E-state index in [4.69, 9.17) is 9.72 Å². The van der Waals surface area contributed by atoms with Crippen LogP contribution < -0.4 is 4.74 Å². The van der Waals surface area contributed by atoms with Gasteiger partial charge in [0.25, 0.3) is 0 Å². The van der Waals surface area contributed by atoms with Gasteiger partial charge in [-0.15, -0.1) is 0 Å². The standard InChI is InChI=1S/C43H49N3O/c1-25(2)30-11-12-40-38(20-30)39-23-36(29(9)10)37(24-41(39)46(40)42-21-31(26(3)4)13-15-44-42)34-17-33(28(7)8)18-35(19-34)47-43-22-32(27(5)6)14-16-45-43/h11-29H,1-10H3. The molecule has 0 aliphatic carbocycles. The molecule has 0 aliphatic heterocycles. The maximum Gasteiger partial charge on any atom is 0.219 e. The summed E-state index contributed by atoms with van der Waals surface area (Å²) in [6, 6.07) is 27.0. The molecule has 6 aromatic rings. The van der Waals surface area contributed by atoms with E-state index >= 15 is 0 Å². The summed E-state index contributed by atoms with van der Waals surface area (Å²) in [5.74, 6) is 4.29. The van der Waals surface area contributed by atoms with Crippen LogP contribution in [0.4, 0.5) is 0 Å². The molecule has 0 saturated carbocycles. The Morgan fingerprint density at radius 2 is 1.13 bits per heavy atom. The summed E-state index contributed by atoms with van der Waals surface area (Å²) in [6.07, 6.45) is 3.79. The molecule has 3 aromatic heterocycles. The molecular formula is C43H49N3O. The number of nitrogens with zero attached hydrogens (tertiary/aromatic N) is 3. The van der Waals surface area contributed by atoms with Crippen molar-refractivity contribution in [2.24, 2.45) is 0 Å². The Hall–Kier alpha value is -4.44. The molecule has 47 heavy (non-hydrogen) atoms. The fraction of sp³-hybridized carbons (Fsp3) is 0.349. The van der Waals surface area contributed by atoms with Crippen LogP contribution >= 0.6 is 0 Å². The SMILES string of the molecule is CC(C)c1cc(Oc2cc(C(C)C)ccn2)cc(-c2cc3c(cc2C(C)C)c2cc(C(C)C)ccc2n3-c2cc(C(C)C)ccn2)c1. The Balaban J connectivity index is 1.62. The predicted molar refractivity (Wildman–Crippen MR) is 199 cm³/mol. The molecule has 4 heteroatoms. The Bertz CT molecular complexity index is 2060. The van der Waals surface area contributed by atoms with Gasteiger partial charge in [-0.05, 0) is 123 Å². The van der Waals surface area contributed by atoms with Crippen molar-refractivity contribution in [3.05, 3.63) is 113 Å². The van der Waals surface area contributed by atoms with E-state index in [1.165, 1.54) is 49.7 Å². The molecule has 0 N–H and O–H groups in total. The van der Waals surface area contributed by atoms with Gasteiger partial charge in [0, 0.05) is 29.2 Å². The van der Waals surface area contributed by atoms with Crippen molar-refractivity contribution in [1.29, 1.82) is 0 Å². The minimum absolute atomic E-state index is 0.319. The van der Waals surface area contributed by atoms with Crippen molar-refractivity contribution in [3.63, 3.8) is 0 Å². The van der Waals surface area contributed by atoms with Crippen LogP contribution in [0.2, 0.25) is 0 Å². The zero-order valence-electron chi connectivity index (χ0n) is 29.7. The van der Waals surface area contributed by atoms with Crippen molar-refractivity contribution in [2.45, 2.75) is 98.8 Å². The van der Waals surface area contributed by atoms with E-state index in [2.05, 4.69) is 152 Å². The van der Waals surface area contributed by atoms with E-state index in [0.29, 0.717) is 35.5 Å². The average molecular weight is 624 g/mol. The molecule has 0 spiro atoms. The van der Waals surface area contributed by atoms with E-state index in [0.717, 1.165) is 22.6 Å². The van der Waals surface area contributed by atoms with Crippen LogP contribution in [0, 0.1) is 0 Å². The third-order valence-electron chi connectivity index (χ3n) is 9.47. The van der Waals surface area contributed by atoms with Crippen LogP contribution in [0.3, 0.4) is 0 Å². The van der Waals surface area contributed by atoms with E-state index in [-0.39, 0.29) is 0 Å². The third kappa shape index (κ3) is 6.43. The van der Waals surface area contributed by atoms with Crippen molar-refractivity contribution >= 4 is 21.8 Å². The van der Waals surface area contributed by atoms with Gasteiger partial charge >= 0.3 is 0 Å². The molecule has 242 valence electrons. The highest BCUT2D eigenvalue weighted by atomic mass is 16.5. The average Bonchev–Trinajstić information content (AvgIpc) is 3.36. The first kappa shape index (κ1) is 32.5. The minimum Gasteiger partial charge on any atom is -0.439 e. The summed E-state index contributed by atoms with van der Waals surface area (Å²) in [7, 11) is 0. The number of aromatic nitrogens is 3. The van der Waals surface area contributed by atoms with E-state index in [1.807, 2.05) is 12.4 Å². The Kier molecular flexibility index (Phi) is 8.98. The zero-order valence-corrected chi connectivity index (χ0v) is 29.7. The fourth-order valence-corrected chi connectivity index (χ4v) is 6.48. The number of hydrogen-bond donors (Lipinski definition) is 0. The molecule has 0 atom stereocenters. The molecule has 0 fully saturated rings. The molecule has 4 nitrogen and oxygen atoms in total. The molecule has 3 heterocycles. The normalized spacial score (nSPS) is 12.1. The summed E-state index contributed by atoms with van der Waals surface area (Å²) in [5, 5.41) is 2.53. The van der Waals surface area contributed by atoms with Crippen LogP contribution in [0.5, 0.6) is 11.6 Å². The molecule has 3 aromatic carbocycles. The topological polar surface area (TPSA) is 39.9 Å². The van der Waals surface area contributed by atoms with Gasteiger partial charge in [-0.1, -0.05) is 81.4 Å². The quantitative estimate of drug-likeness (QED) is 0.161. The largest absolute Gasteiger partial charge is 0.439 e. The van der Waals surface area contributed by atoms with Gasteiger partial charge in [-0.3, -0.25) is 4.57 Å². The number of pyridine rings is 2. The highest BCUT2D eigenvalue weighted by molar-refractivity contribution is 6.11. The van der Waals surface area contributed by atoms with Crippen LogP contribution in [-0.2, 0) is 0 Å². The lowest BCUT2D eigenvalue weighted by Crippen LogP contribution is -2.01. The van der Waals surface area contributed by atoms with Crippen LogP contribution in [0.25, 0.3) is 38.8 Å². The Labute approximate surface area is 280 Å². The maximum absolute atomic E-state index is 6.50. The Morgan fingerprint density at radius 3 is 1.79 bits per heavy atom. The lowest BCUT2D eigenvalue weighted by molar-refractivity contribution is 0.461. The fourth-order valence-electron chi connectivity index (χ4n) is 6.48. The highest BCUT2D eigenvalue weighted by Crippen LogP contribution is 2.42. The second kappa shape index (κ2) is 13.0. The smallest absolute Gasteiger partial charge is 0.219 e. The second-order valence-corrected chi connectivity index (χ2v) is 14.6. The second-order valence-electron chi connectivity index (χ2n) is 14.6. The minimum atomic E-state index is 0.319.